The van der Waals surface area contributed by atoms with E-state index in [-0.39, 0.29) is 23.1 Å². The molecule has 2 heterocycles. The molecule has 1 aliphatic heterocycles. The van der Waals surface area contributed by atoms with Gasteiger partial charge < -0.3 is 14.9 Å². The summed E-state index contributed by atoms with van der Waals surface area (Å²) in [5, 5.41) is 18.9. The average molecular weight is 281 g/mol. The topological polar surface area (TPSA) is 89.0 Å². The van der Waals surface area contributed by atoms with Crippen LogP contribution < -0.4 is 9.67 Å². The van der Waals surface area contributed by atoms with E-state index >= 15 is 0 Å². The van der Waals surface area contributed by atoms with E-state index < -0.39 is 0 Å². The number of benzene rings is 1. The van der Waals surface area contributed by atoms with Crippen LogP contribution in [-0.4, -0.2) is 26.2 Å². The summed E-state index contributed by atoms with van der Waals surface area (Å²) in [6.07, 6.45) is 0. The first kappa shape index (κ1) is 12.0. The quantitative estimate of drug-likeness (QED) is 0.789. The van der Waals surface area contributed by atoms with Gasteiger partial charge in [0.2, 0.25) is 4.80 Å². The highest BCUT2D eigenvalue weighted by Gasteiger charge is 2.13. The third-order valence-corrected chi connectivity index (χ3v) is 3.61. The molecule has 1 aliphatic rings. The predicted molar refractivity (Wildman–Crippen MR) is 67.5 cm³/mol. The largest absolute Gasteiger partial charge is 0.508 e. The normalized spacial score (nSPS) is 15.5. The summed E-state index contributed by atoms with van der Waals surface area (Å²) in [6, 6.07) is 4.13. The van der Waals surface area contributed by atoms with E-state index in [0.717, 1.165) is 11.3 Å². The van der Waals surface area contributed by atoms with Crippen LogP contribution in [-0.2, 0) is 18.0 Å². The van der Waals surface area contributed by atoms with E-state index in [9.17, 15) is 15.0 Å². The maximum absolute atomic E-state index is 11.7. The zero-order chi connectivity index (χ0) is 13.4. The molecule has 0 radical (unpaired) electrons. The summed E-state index contributed by atoms with van der Waals surface area (Å²) < 4.78 is 8.39. The van der Waals surface area contributed by atoms with Crippen LogP contribution in [0.3, 0.4) is 0 Å². The maximum atomic E-state index is 11.7. The van der Waals surface area contributed by atoms with Gasteiger partial charge in [0.25, 0.3) is 0 Å². The summed E-state index contributed by atoms with van der Waals surface area (Å²) in [4.78, 5) is 16.3. The molecule has 1 aromatic heterocycles. The number of aromatic hydroxyl groups is 2. The van der Waals surface area contributed by atoms with Crippen molar-refractivity contribution >= 4 is 17.0 Å². The second-order valence-electron chi connectivity index (χ2n) is 4.00. The first-order valence-electron chi connectivity index (χ1n) is 5.60. The van der Waals surface area contributed by atoms with Crippen molar-refractivity contribution in [2.45, 2.75) is 13.3 Å². The van der Waals surface area contributed by atoms with Crippen LogP contribution in [0.25, 0.3) is 0 Å². The van der Waals surface area contributed by atoms with Crippen molar-refractivity contribution in [3.63, 3.8) is 0 Å². The molecule has 2 aromatic rings. The molecule has 2 N–H and O–H groups in total. The van der Waals surface area contributed by atoms with Gasteiger partial charge in [-0.05, 0) is 23.5 Å². The maximum Gasteiger partial charge on any atom is 0.327 e. The van der Waals surface area contributed by atoms with Crippen LogP contribution in [0.1, 0.15) is 0 Å². The molecule has 3 rings (SSSR count). The lowest BCUT2D eigenvalue weighted by Gasteiger charge is -2.16. The number of rotatable bonds is 1. The van der Waals surface area contributed by atoms with Crippen LogP contribution in [0.4, 0.5) is 5.69 Å². The second-order valence-corrected chi connectivity index (χ2v) is 4.91. The van der Waals surface area contributed by atoms with E-state index in [2.05, 4.69) is 4.99 Å². The van der Waals surface area contributed by atoms with Gasteiger partial charge >= 0.3 is 4.87 Å². The van der Waals surface area contributed by atoms with E-state index in [0.29, 0.717) is 23.6 Å². The first-order valence-corrected chi connectivity index (χ1v) is 6.42. The Kier molecular flexibility index (Phi) is 2.88. The van der Waals surface area contributed by atoms with Gasteiger partial charge in [-0.25, -0.2) is 9.67 Å². The number of hydrogen-bond donors (Lipinski definition) is 2. The van der Waals surface area contributed by atoms with Crippen molar-refractivity contribution in [1.82, 2.24) is 9.36 Å². The monoisotopic (exact) mass is 281 g/mol. The number of phenolic OH excluding ortho intramolecular Hbond substituents is 2. The van der Waals surface area contributed by atoms with Gasteiger partial charge in [0.05, 0.1) is 13.2 Å². The van der Waals surface area contributed by atoms with Crippen LogP contribution in [0, 0.1) is 0 Å². The van der Waals surface area contributed by atoms with E-state index in [1.54, 1.807) is 4.68 Å². The zero-order valence-electron chi connectivity index (χ0n) is 9.81. The molecule has 0 fully saturated rings. The van der Waals surface area contributed by atoms with Gasteiger partial charge in [0.15, 0.2) is 0 Å². The summed E-state index contributed by atoms with van der Waals surface area (Å²) in [5.41, 5.74) is 0.307. The van der Waals surface area contributed by atoms with Crippen LogP contribution in [0.2, 0.25) is 0 Å². The minimum Gasteiger partial charge on any atom is -0.508 e. The highest BCUT2D eigenvalue weighted by molar-refractivity contribution is 7.06. The second kappa shape index (κ2) is 4.56. The SMILES string of the molecule is O=c1sc(=Nc2ccc(O)cc2O)n2n1COCC2. The molecule has 0 spiro atoms. The standard InChI is InChI=1S/C11H11N3O4S/c15-7-1-2-8(9(16)5-7)12-10-13-3-4-18-6-14(13)11(17)19-10/h1-2,5,15-16H,3-4,6H2. The molecule has 0 saturated heterocycles. The highest BCUT2D eigenvalue weighted by Crippen LogP contribution is 2.29. The lowest BCUT2D eigenvalue weighted by atomic mass is 10.3. The van der Waals surface area contributed by atoms with Crippen LogP contribution in [0.15, 0.2) is 28.0 Å². The molecule has 1 aromatic carbocycles. The smallest absolute Gasteiger partial charge is 0.327 e. The third-order valence-electron chi connectivity index (χ3n) is 2.74. The lowest BCUT2D eigenvalue weighted by Crippen LogP contribution is -2.34. The van der Waals surface area contributed by atoms with Crippen LogP contribution >= 0.6 is 11.3 Å². The summed E-state index contributed by atoms with van der Waals surface area (Å²) in [7, 11) is 0. The van der Waals surface area contributed by atoms with Crippen molar-refractivity contribution in [2.75, 3.05) is 6.61 Å². The van der Waals surface area contributed by atoms with Gasteiger partial charge in [0, 0.05) is 6.07 Å². The number of phenols is 2. The van der Waals surface area contributed by atoms with Gasteiger partial charge in [0.1, 0.15) is 23.9 Å². The van der Waals surface area contributed by atoms with E-state index in [1.165, 1.54) is 22.9 Å². The Morgan fingerprint density at radius 2 is 2.16 bits per heavy atom. The Bertz CT molecular complexity index is 743. The summed E-state index contributed by atoms with van der Waals surface area (Å²) in [6.45, 7) is 1.27. The molecule has 0 amide bonds. The van der Waals surface area contributed by atoms with Crippen molar-refractivity contribution < 1.29 is 14.9 Å². The molecular formula is C11H11N3O4S. The number of aromatic nitrogens is 2. The van der Waals surface area contributed by atoms with E-state index in [4.69, 9.17) is 4.74 Å². The molecule has 7 nitrogen and oxygen atoms in total. The number of hydrogen-bond acceptors (Lipinski definition) is 6. The molecule has 0 atom stereocenters. The van der Waals surface area contributed by atoms with Crippen molar-refractivity contribution in [2.24, 2.45) is 4.99 Å². The Hall–Kier alpha value is -2.06. The van der Waals surface area contributed by atoms with Gasteiger partial charge in [-0.15, -0.1) is 0 Å². The van der Waals surface area contributed by atoms with Gasteiger partial charge in [-0.1, -0.05) is 0 Å². The minimum absolute atomic E-state index is 0.0374. The molecule has 0 bridgehead atoms. The summed E-state index contributed by atoms with van der Waals surface area (Å²) >= 11 is 0.988. The fraction of sp³-hybridized carbons (Fsp3) is 0.273. The first-order chi connectivity index (χ1) is 9.15. The van der Waals surface area contributed by atoms with Crippen LogP contribution in [0.5, 0.6) is 11.5 Å². The highest BCUT2D eigenvalue weighted by atomic mass is 32.1. The molecule has 0 unspecified atom stereocenters. The molecule has 8 heteroatoms. The molecule has 100 valence electrons. The number of nitrogens with zero attached hydrogens (tertiary/aromatic N) is 3. The minimum atomic E-state index is -0.156. The number of fused-ring (bicyclic) bond motifs is 1. The number of ether oxygens (including phenoxy) is 1. The van der Waals surface area contributed by atoms with Gasteiger partial charge in [-0.3, -0.25) is 9.48 Å². The van der Waals surface area contributed by atoms with Crippen molar-refractivity contribution in [3.05, 3.63) is 32.7 Å². The zero-order valence-corrected chi connectivity index (χ0v) is 10.6. The van der Waals surface area contributed by atoms with E-state index in [1.807, 2.05) is 0 Å². The summed E-state index contributed by atoms with van der Waals surface area (Å²) in [5.74, 6) is -0.170. The molecule has 0 saturated carbocycles. The Balaban J connectivity index is 2.16. The molecular weight excluding hydrogens is 270 g/mol. The third kappa shape index (κ3) is 2.15. The predicted octanol–water partition coefficient (Wildman–Crippen LogP) is 0.343. The Labute approximate surface area is 111 Å². The lowest BCUT2D eigenvalue weighted by molar-refractivity contribution is 0.0116. The average Bonchev–Trinajstić information content (AvgIpc) is 2.71. The fourth-order valence-corrected chi connectivity index (χ4v) is 2.67. The molecule has 0 aliphatic carbocycles. The fourth-order valence-electron chi connectivity index (χ4n) is 1.82. The Morgan fingerprint density at radius 3 is 2.95 bits per heavy atom. The Morgan fingerprint density at radius 1 is 1.32 bits per heavy atom. The van der Waals surface area contributed by atoms with Crippen molar-refractivity contribution in [3.8, 4) is 11.5 Å². The van der Waals surface area contributed by atoms with Gasteiger partial charge in [-0.2, -0.15) is 0 Å². The van der Waals surface area contributed by atoms with Crippen molar-refractivity contribution in [1.29, 1.82) is 0 Å². The molecule has 19 heavy (non-hydrogen) atoms.